The van der Waals surface area contributed by atoms with Crippen LogP contribution in [0.1, 0.15) is 5.56 Å². The number of rotatable bonds is 3. The van der Waals surface area contributed by atoms with Gasteiger partial charge in [0.25, 0.3) is 0 Å². The van der Waals surface area contributed by atoms with Crippen LogP contribution >= 0.6 is 15.9 Å². The number of para-hydroxylation sites is 1. The van der Waals surface area contributed by atoms with Crippen LogP contribution < -0.4 is 5.32 Å². The first-order valence-corrected chi connectivity index (χ1v) is 8.07. The third-order valence-electron chi connectivity index (χ3n) is 3.76. The average molecular weight is 365 g/mol. The highest BCUT2D eigenvalue weighted by molar-refractivity contribution is 9.10. The lowest BCUT2D eigenvalue weighted by molar-refractivity contribution is 1.11. The van der Waals surface area contributed by atoms with E-state index in [9.17, 15) is 0 Å². The highest BCUT2D eigenvalue weighted by Gasteiger charge is 2.06. The van der Waals surface area contributed by atoms with E-state index in [1.807, 2.05) is 30.5 Å². The molecule has 0 aliphatic carbocycles. The number of fused-ring (bicyclic) bond motifs is 2. The van der Waals surface area contributed by atoms with Crippen molar-refractivity contribution in [3.05, 3.63) is 71.1 Å². The van der Waals surface area contributed by atoms with E-state index < -0.39 is 0 Å². The number of nitrogens with zero attached hydrogens (tertiary/aromatic N) is 3. The minimum absolute atomic E-state index is 0.660. The van der Waals surface area contributed by atoms with Crippen LogP contribution in [0.3, 0.4) is 0 Å². The topological polar surface area (TPSA) is 50.7 Å². The van der Waals surface area contributed by atoms with Crippen LogP contribution in [-0.2, 0) is 6.54 Å². The maximum absolute atomic E-state index is 4.49. The van der Waals surface area contributed by atoms with E-state index in [0.717, 1.165) is 37.7 Å². The van der Waals surface area contributed by atoms with E-state index in [4.69, 9.17) is 0 Å². The van der Waals surface area contributed by atoms with Gasteiger partial charge in [-0.1, -0.05) is 40.2 Å². The zero-order valence-electron chi connectivity index (χ0n) is 12.2. The summed E-state index contributed by atoms with van der Waals surface area (Å²) in [5.41, 5.74) is 3.08. The summed E-state index contributed by atoms with van der Waals surface area (Å²) >= 11 is 3.50. The van der Waals surface area contributed by atoms with E-state index in [1.165, 1.54) is 0 Å². The fourth-order valence-electron chi connectivity index (χ4n) is 2.66. The van der Waals surface area contributed by atoms with Gasteiger partial charge in [0.2, 0.25) is 0 Å². The Kier molecular flexibility index (Phi) is 3.63. The van der Waals surface area contributed by atoms with Gasteiger partial charge in [0, 0.05) is 28.0 Å². The smallest absolute Gasteiger partial charge is 0.137 e. The second-order valence-corrected chi connectivity index (χ2v) is 6.15. The predicted octanol–water partition coefficient (Wildman–Crippen LogP) is 4.55. The summed E-state index contributed by atoms with van der Waals surface area (Å²) < 4.78 is 1.01. The first-order chi connectivity index (χ1) is 11.3. The number of nitrogens with one attached hydrogen (secondary N) is 1. The Bertz CT molecular complexity index is 995. The van der Waals surface area contributed by atoms with E-state index >= 15 is 0 Å². The molecule has 0 atom stereocenters. The van der Waals surface area contributed by atoms with E-state index in [2.05, 4.69) is 60.5 Å². The van der Waals surface area contributed by atoms with E-state index in [-0.39, 0.29) is 0 Å². The number of benzene rings is 2. The van der Waals surface area contributed by atoms with Gasteiger partial charge >= 0.3 is 0 Å². The summed E-state index contributed by atoms with van der Waals surface area (Å²) in [5, 5.41) is 5.55. The Hall–Kier alpha value is -2.53. The molecule has 0 spiro atoms. The van der Waals surface area contributed by atoms with Gasteiger partial charge in [0.15, 0.2) is 0 Å². The summed E-state index contributed by atoms with van der Waals surface area (Å²) in [5.74, 6) is 0.823. The van der Waals surface area contributed by atoms with Gasteiger partial charge in [-0.3, -0.25) is 4.98 Å². The van der Waals surface area contributed by atoms with Crippen LogP contribution in [0.25, 0.3) is 21.8 Å². The van der Waals surface area contributed by atoms with Gasteiger partial charge in [0.1, 0.15) is 12.1 Å². The minimum Gasteiger partial charge on any atom is -0.365 e. The lowest BCUT2D eigenvalue weighted by atomic mass is 10.1. The fourth-order valence-corrected chi connectivity index (χ4v) is 3.02. The molecular weight excluding hydrogens is 352 g/mol. The van der Waals surface area contributed by atoms with Crippen LogP contribution in [0.5, 0.6) is 0 Å². The van der Waals surface area contributed by atoms with Gasteiger partial charge < -0.3 is 5.32 Å². The molecular formula is C18H13BrN4. The predicted molar refractivity (Wildman–Crippen MR) is 96.3 cm³/mol. The van der Waals surface area contributed by atoms with Crippen LogP contribution in [-0.4, -0.2) is 15.0 Å². The molecule has 1 N–H and O–H groups in total. The second-order valence-electron chi connectivity index (χ2n) is 5.23. The molecule has 0 aliphatic heterocycles. The van der Waals surface area contributed by atoms with Crippen molar-refractivity contribution < 1.29 is 0 Å². The first kappa shape index (κ1) is 14.1. The maximum Gasteiger partial charge on any atom is 0.137 e. The molecule has 112 valence electrons. The quantitative estimate of drug-likeness (QED) is 0.579. The van der Waals surface area contributed by atoms with Crippen molar-refractivity contribution in [1.29, 1.82) is 0 Å². The van der Waals surface area contributed by atoms with Crippen molar-refractivity contribution in [2.75, 3.05) is 5.32 Å². The summed E-state index contributed by atoms with van der Waals surface area (Å²) in [7, 11) is 0. The van der Waals surface area contributed by atoms with E-state index in [1.54, 1.807) is 6.33 Å². The molecule has 2 aromatic heterocycles. The highest BCUT2D eigenvalue weighted by Crippen LogP contribution is 2.24. The van der Waals surface area contributed by atoms with Gasteiger partial charge in [-0.2, -0.15) is 0 Å². The summed E-state index contributed by atoms with van der Waals surface area (Å²) in [6, 6.07) is 16.2. The zero-order chi connectivity index (χ0) is 15.6. The van der Waals surface area contributed by atoms with Gasteiger partial charge in [-0.15, -0.1) is 0 Å². The molecule has 0 bridgehead atoms. The number of pyridine rings is 1. The standard InChI is InChI=1S/C18H13BrN4/c19-14-6-7-16-15(9-14)18(23-11-22-16)21-10-13-4-1-3-12-5-2-8-20-17(12)13/h1-9,11H,10H2,(H,21,22,23). The molecule has 0 fully saturated rings. The summed E-state index contributed by atoms with van der Waals surface area (Å²) in [6.07, 6.45) is 3.41. The Balaban J connectivity index is 1.70. The van der Waals surface area contributed by atoms with E-state index in [0.29, 0.717) is 6.54 Å². The van der Waals surface area contributed by atoms with Crippen LogP contribution in [0.15, 0.2) is 65.5 Å². The third-order valence-corrected chi connectivity index (χ3v) is 4.25. The number of halogens is 1. The molecule has 4 nitrogen and oxygen atoms in total. The Morgan fingerprint density at radius 1 is 0.957 bits per heavy atom. The molecule has 4 rings (SSSR count). The first-order valence-electron chi connectivity index (χ1n) is 7.28. The van der Waals surface area contributed by atoms with Crippen LogP contribution in [0, 0.1) is 0 Å². The molecule has 0 aliphatic rings. The van der Waals surface area contributed by atoms with Crippen molar-refractivity contribution in [2.45, 2.75) is 6.54 Å². The highest BCUT2D eigenvalue weighted by atomic mass is 79.9. The maximum atomic E-state index is 4.49. The van der Waals surface area contributed by atoms with Crippen LogP contribution in [0.2, 0.25) is 0 Å². The average Bonchev–Trinajstić information content (AvgIpc) is 2.60. The number of aromatic nitrogens is 3. The zero-order valence-corrected chi connectivity index (χ0v) is 13.8. The Morgan fingerprint density at radius 2 is 1.87 bits per heavy atom. The van der Waals surface area contributed by atoms with Gasteiger partial charge in [0.05, 0.1) is 11.0 Å². The Morgan fingerprint density at radius 3 is 2.83 bits per heavy atom. The molecule has 23 heavy (non-hydrogen) atoms. The number of hydrogen-bond acceptors (Lipinski definition) is 4. The molecule has 0 amide bonds. The third kappa shape index (κ3) is 2.75. The molecule has 0 saturated carbocycles. The molecule has 2 heterocycles. The fraction of sp³-hybridized carbons (Fsp3) is 0.0556. The lowest BCUT2D eigenvalue weighted by Gasteiger charge is -2.10. The van der Waals surface area contributed by atoms with Crippen molar-refractivity contribution >= 4 is 43.6 Å². The van der Waals surface area contributed by atoms with Crippen molar-refractivity contribution in [3.63, 3.8) is 0 Å². The van der Waals surface area contributed by atoms with Crippen molar-refractivity contribution in [1.82, 2.24) is 15.0 Å². The Labute approximate surface area is 141 Å². The second kappa shape index (κ2) is 5.93. The van der Waals surface area contributed by atoms with Crippen LogP contribution in [0.4, 0.5) is 5.82 Å². The molecule has 5 heteroatoms. The monoisotopic (exact) mass is 364 g/mol. The van der Waals surface area contributed by atoms with Crippen molar-refractivity contribution in [3.8, 4) is 0 Å². The van der Waals surface area contributed by atoms with Gasteiger partial charge in [-0.05, 0) is 29.8 Å². The van der Waals surface area contributed by atoms with Crippen molar-refractivity contribution in [2.24, 2.45) is 0 Å². The number of anilines is 1. The summed E-state index contributed by atoms with van der Waals surface area (Å²) in [6.45, 7) is 0.660. The van der Waals surface area contributed by atoms with Gasteiger partial charge in [-0.25, -0.2) is 9.97 Å². The number of hydrogen-bond donors (Lipinski definition) is 1. The molecule has 2 aromatic carbocycles. The normalized spacial score (nSPS) is 11.0. The lowest BCUT2D eigenvalue weighted by Crippen LogP contribution is -2.03. The molecule has 4 aromatic rings. The SMILES string of the molecule is Brc1ccc2ncnc(NCc3cccc4cccnc34)c2c1. The largest absolute Gasteiger partial charge is 0.365 e. The minimum atomic E-state index is 0.660. The summed E-state index contributed by atoms with van der Waals surface area (Å²) in [4.78, 5) is 13.2. The molecule has 0 saturated heterocycles. The molecule has 0 radical (unpaired) electrons. The molecule has 0 unspecified atom stereocenters.